The van der Waals surface area contributed by atoms with Gasteiger partial charge >= 0.3 is 0 Å². The Hall–Kier alpha value is -2.12. The zero-order chi connectivity index (χ0) is 30.3. The van der Waals surface area contributed by atoms with Crippen LogP contribution in [0.3, 0.4) is 0 Å². The molecular weight excluding hydrogens is 686 g/mol. The third kappa shape index (κ3) is 9.44. The molecule has 5 N–H and O–H groups in total. The Balaban J connectivity index is 1.54. The molecule has 1 aliphatic heterocycles. The van der Waals surface area contributed by atoms with E-state index in [1.807, 2.05) is 62.4 Å². The lowest BCUT2D eigenvalue weighted by Gasteiger charge is -2.47. The van der Waals surface area contributed by atoms with Gasteiger partial charge in [0.25, 0.3) is 5.91 Å². The zero-order valence-electron chi connectivity index (χ0n) is 23.8. The van der Waals surface area contributed by atoms with Crippen LogP contribution in [0.4, 0.5) is 5.69 Å². The normalized spacial score (nSPS) is 17.0. The van der Waals surface area contributed by atoms with E-state index in [9.17, 15) is 19.0 Å². The molecule has 42 heavy (non-hydrogen) atoms. The summed E-state index contributed by atoms with van der Waals surface area (Å²) >= 11 is 7.01. The number of anilines is 1. The summed E-state index contributed by atoms with van der Waals surface area (Å²) in [6.07, 6.45) is 0.970. The molecule has 1 saturated heterocycles. The Labute approximate surface area is 266 Å². The summed E-state index contributed by atoms with van der Waals surface area (Å²) in [6.45, 7) is 5.07. The molecule has 3 aromatic carbocycles. The number of rotatable bonds is 12. The predicted octanol–water partition coefficient (Wildman–Crippen LogP) is 6.76. The van der Waals surface area contributed by atoms with Crippen molar-refractivity contribution in [2.24, 2.45) is 0 Å². The zero-order valence-corrected chi connectivity index (χ0v) is 27.8. The van der Waals surface area contributed by atoms with Gasteiger partial charge in [-0.25, -0.2) is 0 Å². The van der Waals surface area contributed by atoms with Crippen molar-refractivity contribution < 1.29 is 23.7 Å². The molecule has 4 rings (SSSR count). The largest absolute Gasteiger partial charge is 0.491 e. The summed E-state index contributed by atoms with van der Waals surface area (Å²) < 4.78 is 30.9. The Morgan fingerprint density at radius 1 is 1.00 bits per heavy atom. The quantitative estimate of drug-likeness (QED) is 0.140. The first-order chi connectivity index (χ1) is 20.0. The molecule has 0 bridgehead atoms. The molecule has 2 atom stereocenters. The van der Waals surface area contributed by atoms with Crippen molar-refractivity contribution >= 4 is 54.2 Å². The van der Waals surface area contributed by atoms with E-state index in [1.165, 1.54) is 0 Å². The number of hydrogen-bond donors (Lipinski definition) is 5. The summed E-state index contributed by atoms with van der Waals surface area (Å²) in [5, 5.41) is 17.6. The Kier molecular flexibility index (Phi) is 11.8. The minimum atomic E-state index is -2.99. The van der Waals surface area contributed by atoms with Crippen molar-refractivity contribution in [3.63, 3.8) is 0 Å². The van der Waals surface area contributed by atoms with E-state index in [-0.39, 0.29) is 18.6 Å². The fraction of sp³-hybridized carbons (Fsp3) is 0.387. The standard InChI is InChI=1S/C31H39Br2N3O5S/c1-21(2)41-28-16-24(15-27(18-28)36-10-6-7-11-42(36,39)40)31(38)35-29(14-22-8-4-3-5-9-22)30(37)20-34-19-23-12-25(32)17-26(33)13-23/h3-5,8-9,12-13,15-18,21,29-30,34,37,39-40H,6-7,10-11,14,19-20H2,1-2H3,(H,35,38)/t29-,30-/m0/s1. The lowest BCUT2D eigenvalue weighted by molar-refractivity contribution is 0.0829. The third-order valence-corrected chi connectivity index (χ3v) is 9.73. The van der Waals surface area contributed by atoms with Crippen LogP contribution >= 0.6 is 42.6 Å². The highest BCUT2D eigenvalue weighted by Crippen LogP contribution is 2.50. The van der Waals surface area contributed by atoms with Crippen LogP contribution in [0.1, 0.15) is 48.2 Å². The number of ether oxygens (including phenoxy) is 1. The SMILES string of the molecule is CC(C)Oc1cc(C(=O)N[C@@H](Cc2ccccc2)[C@@H](O)CNCc2cc(Br)cc(Br)c2)cc(N2CCCCS2(O)O)c1. The molecule has 1 amide bonds. The molecule has 1 heterocycles. The van der Waals surface area contributed by atoms with Crippen molar-refractivity contribution in [2.75, 3.05) is 23.1 Å². The molecule has 0 aliphatic carbocycles. The van der Waals surface area contributed by atoms with Gasteiger partial charge in [-0.05, 0) is 74.6 Å². The van der Waals surface area contributed by atoms with Gasteiger partial charge < -0.3 is 20.5 Å². The molecule has 0 unspecified atom stereocenters. The highest BCUT2D eigenvalue weighted by Gasteiger charge is 2.29. The van der Waals surface area contributed by atoms with Gasteiger partial charge in [-0.3, -0.25) is 18.2 Å². The monoisotopic (exact) mass is 723 g/mol. The summed E-state index contributed by atoms with van der Waals surface area (Å²) in [5.41, 5.74) is 2.88. The maximum Gasteiger partial charge on any atom is 0.251 e. The smallest absolute Gasteiger partial charge is 0.251 e. The van der Waals surface area contributed by atoms with E-state index in [4.69, 9.17) is 4.74 Å². The lowest BCUT2D eigenvalue weighted by atomic mass is 10.00. The number of hydrogen-bond acceptors (Lipinski definition) is 7. The molecule has 0 radical (unpaired) electrons. The first kappa shape index (κ1) is 32.8. The average Bonchev–Trinajstić information content (AvgIpc) is 2.92. The Morgan fingerprint density at radius 2 is 1.71 bits per heavy atom. The van der Waals surface area contributed by atoms with Gasteiger partial charge in [-0.15, -0.1) is 10.8 Å². The van der Waals surface area contributed by atoms with E-state index in [0.29, 0.717) is 42.3 Å². The van der Waals surface area contributed by atoms with E-state index >= 15 is 0 Å². The minimum absolute atomic E-state index is 0.137. The number of carbonyl (C=O) groups is 1. The molecule has 11 heteroatoms. The fourth-order valence-corrected chi connectivity index (χ4v) is 7.99. The fourth-order valence-electron chi connectivity index (χ4n) is 4.93. The van der Waals surface area contributed by atoms with Crippen LogP contribution < -0.4 is 19.7 Å². The highest BCUT2D eigenvalue weighted by molar-refractivity contribution is 9.11. The van der Waals surface area contributed by atoms with Crippen molar-refractivity contribution in [3.8, 4) is 5.75 Å². The van der Waals surface area contributed by atoms with Gasteiger partial charge in [-0.2, -0.15) is 0 Å². The first-order valence-electron chi connectivity index (χ1n) is 14.0. The summed E-state index contributed by atoms with van der Waals surface area (Å²) in [4.78, 5) is 13.7. The highest BCUT2D eigenvalue weighted by atomic mass is 79.9. The van der Waals surface area contributed by atoms with Gasteiger partial charge in [0, 0.05) is 40.2 Å². The van der Waals surface area contributed by atoms with Crippen LogP contribution in [0.15, 0.2) is 75.7 Å². The Morgan fingerprint density at radius 3 is 2.38 bits per heavy atom. The van der Waals surface area contributed by atoms with Crippen molar-refractivity contribution in [1.29, 1.82) is 0 Å². The van der Waals surface area contributed by atoms with Crippen LogP contribution in [0.25, 0.3) is 0 Å². The van der Waals surface area contributed by atoms with Gasteiger partial charge in [0.05, 0.1) is 29.7 Å². The minimum Gasteiger partial charge on any atom is -0.491 e. The molecule has 228 valence electrons. The van der Waals surface area contributed by atoms with Gasteiger partial charge in [0.1, 0.15) is 5.75 Å². The maximum atomic E-state index is 13.7. The number of aliphatic hydroxyl groups excluding tert-OH is 1. The van der Waals surface area contributed by atoms with E-state index in [0.717, 1.165) is 32.9 Å². The van der Waals surface area contributed by atoms with Crippen LogP contribution in [0.2, 0.25) is 0 Å². The predicted molar refractivity (Wildman–Crippen MR) is 177 cm³/mol. The number of nitrogens with zero attached hydrogens (tertiary/aromatic N) is 1. The third-order valence-electron chi connectivity index (χ3n) is 6.88. The second kappa shape index (κ2) is 15.1. The topological polar surface area (TPSA) is 114 Å². The summed E-state index contributed by atoms with van der Waals surface area (Å²) in [5.74, 6) is 0.379. The second-order valence-electron chi connectivity index (χ2n) is 10.8. The van der Waals surface area contributed by atoms with Crippen LogP contribution in [0.5, 0.6) is 5.75 Å². The van der Waals surface area contributed by atoms with Crippen LogP contribution in [-0.4, -0.2) is 57.2 Å². The van der Waals surface area contributed by atoms with Crippen molar-refractivity contribution in [2.45, 2.75) is 57.9 Å². The molecule has 1 aliphatic rings. The molecule has 0 saturated carbocycles. The second-order valence-corrected chi connectivity index (χ2v) is 14.7. The summed E-state index contributed by atoms with van der Waals surface area (Å²) in [6, 6.07) is 20.2. The average molecular weight is 726 g/mol. The van der Waals surface area contributed by atoms with Gasteiger partial charge in [0.2, 0.25) is 0 Å². The Bertz CT molecular complexity index is 1330. The number of halogens is 2. The van der Waals surface area contributed by atoms with Gasteiger partial charge in [0.15, 0.2) is 0 Å². The van der Waals surface area contributed by atoms with Crippen molar-refractivity contribution in [3.05, 3.63) is 92.4 Å². The van der Waals surface area contributed by atoms with Gasteiger partial charge in [-0.1, -0.05) is 62.2 Å². The first-order valence-corrected chi connectivity index (χ1v) is 17.3. The number of aliphatic hydroxyl groups is 1. The number of nitrogens with one attached hydrogen (secondary N) is 2. The molecule has 1 fully saturated rings. The summed E-state index contributed by atoms with van der Waals surface area (Å²) in [7, 11) is -2.99. The van der Waals surface area contributed by atoms with E-state index < -0.39 is 22.9 Å². The lowest BCUT2D eigenvalue weighted by Crippen LogP contribution is -2.48. The number of carbonyl (C=O) groups excluding carboxylic acids is 1. The number of benzene rings is 3. The molecule has 8 nitrogen and oxygen atoms in total. The molecule has 0 spiro atoms. The van der Waals surface area contributed by atoms with E-state index in [2.05, 4.69) is 42.5 Å². The van der Waals surface area contributed by atoms with E-state index in [1.54, 1.807) is 22.5 Å². The number of amides is 1. The van der Waals surface area contributed by atoms with Crippen LogP contribution in [-0.2, 0) is 13.0 Å². The molecular formula is C31H39Br2N3O5S. The molecule has 3 aromatic rings. The van der Waals surface area contributed by atoms with Crippen molar-refractivity contribution in [1.82, 2.24) is 10.6 Å². The maximum absolute atomic E-state index is 13.7. The molecule has 0 aromatic heterocycles. The van der Waals surface area contributed by atoms with Crippen LogP contribution in [0, 0.1) is 0 Å².